The van der Waals surface area contributed by atoms with E-state index in [1.54, 1.807) is 6.92 Å². The molecular weight excluding hydrogens is 296 g/mol. The minimum atomic E-state index is -3.79. The molecule has 21 heavy (non-hydrogen) atoms. The summed E-state index contributed by atoms with van der Waals surface area (Å²) in [5, 5.41) is 11.0. The van der Waals surface area contributed by atoms with Gasteiger partial charge in [0.15, 0.2) is 0 Å². The third-order valence-electron chi connectivity index (χ3n) is 2.96. The number of nitrogens with zero attached hydrogens (tertiary/aromatic N) is 2. The number of nitrogen functional groups attached to an aromatic ring is 1. The maximum Gasteiger partial charge on any atom is 0.295 e. The van der Waals surface area contributed by atoms with Gasteiger partial charge >= 0.3 is 0 Å². The SMILES string of the molecule is Cc1cc(NN)c([N+](=O)[O-])cc1S(=O)(=O)N(C)CC(C)C. The number of nitro groups is 1. The van der Waals surface area contributed by atoms with Crippen LogP contribution in [-0.2, 0) is 10.0 Å². The van der Waals surface area contributed by atoms with E-state index >= 15 is 0 Å². The third-order valence-corrected chi connectivity index (χ3v) is 4.92. The molecular formula is C12H20N4O4S. The van der Waals surface area contributed by atoms with Crippen LogP contribution in [0.2, 0.25) is 0 Å². The molecule has 0 amide bonds. The average molecular weight is 316 g/mol. The second-order valence-corrected chi connectivity index (χ2v) is 7.23. The van der Waals surface area contributed by atoms with E-state index in [2.05, 4.69) is 5.43 Å². The fraction of sp³-hybridized carbons (Fsp3) is 0.500. The highest BCUT2D eigenvalue weighted by atomic mass is 32.2. The molecule has 0 saturated heterocycles. The molecule has 0 aliphatic carbocycles. The zero-order valence-electron chi connectivity index (χ0n) is 12.5. The lowest BCUT2D eigenvalue weighted by Crippen LogP contribution is -2.31. The molecule has 0 aliphatic rings. The van der Waals surface area contributed by atoms with Crippen molar-refractivity contribution in [1.82, 2.24) is 4.31 Å². The van der Waals surface area contributed by atoms with E-state index in [1.807, 2.05) is 13.8 Å². The normalized spacial score (nSPS) is 12.0. The monoisotopic (exact) mass is 316 g/mol. The summed E-state index contributed by atoms with van der Waals surface area (Å²) in [4.78, 5) is 10.3. The molecule has 0 unspecified atom stereocenters. The number of hydrazine groups is 1. The number of nitro benzene ring substituents is 1. The molecule has 0 aliphatic heterocycles. The van der Waals surface area contributed by atoms with Crippen molar-refractivity contribution < 1.29 is 13.3 Å². The van der Waals surface area contributed by atoms with Crippen molar-refractivity contribution in [3.63, 3.8) is 0 Å². The molecule has 0 spiro atoms. The highest BCUT2D eigenvalue weighted by molar-refractivity contribution is 7.89. The largest absolute Gasteiger partial charge is 0.318 e. The predicted octanol–water partition coefficient (Wildman–Crippen LogP) is 1.47. The number of anilines is 1. The average Bonchev–Trinajstić information content (AvgIpc) is 2.36. The van der Waals surface area contributed by atoms with Crippen LogP contribution in [0.3, 0.4) is 0 Å². The van der Waals surface area contributed by atoms with Crippen LogP contribution >= 0.6 is 0 Å². The summed E-state index contributed by atoms with van der Waals surface area (Å²) in [7, 11) is -2.33. The van der Waals surface area contributed by atoms with E-state index in [4.69, 9.17) is 5.84 Å². The molecule has 0 fully saturated rings. The van der Waals surface area contributed by atoms with Gasteiger partial charge in [-0.05, 0) is 24.5 Å². The van der Waals surface area contributed by atoms with Gasteiger partial charge in [0.2, 0.25) is 10.0 Å². The van der Waals surface area contributed by atoms with Gasteiger partial charge in [0, 0.05) is 19.7 Å². The van der Waals surface area contributed by atoms with Crippen molar-refractivity contribution in [1.29, 1.82) is 0 Å². The Hall–Kier alpha value is -1.71. The Balaban J connectivity index is 3.42. The zero-order valence-corrected chi connectivity index (χ0v) is 13.3. The number of hydrogen-bond donors (Lipinski definition) is 2. The summed E-state index contributed by atoms with van der Waals surface area (Å²) in [5.74, 6) is 5.37. The van der Waals surface area contributed by atoms with Crippen molar-refractivity contribution in [2.75, 3.05) is 19.0 Å². The second kappa shape index (κ2) is 6.37. The minimum absolute atomic E-state index is 0.0722. The summed E-state index contributed by atoms with van der Waals surface area (Å²) in [6, 6.07) is 2.39. The van der Waals surface area contributed by atoms with E-state index in [0.29, 0.717) is 12.1 Å². The van der Waals surface area contributed by atoms with Crippen LogP contribution in [0.15, 0.2) is 17.0 Å². The Morgan fingerprint density at radius 3 is 2.43 bits per heavy atom. The Morgan fingerprint density at radius 2 is 2.00 bits per heavy atom. The molecule has 0 heterocycles. The number of nitrogens with two attached hydrogens (primary N) is 1. The van der Waals surface area contributed by atoms with Crippen LogP contribution in [0.25, 0.3) is 0 Å². The van der Waals surface area contributed by atoms with Gasteiger partial charge < -0.3 is 5.43 Å². The molecule has 1 rings (SSSR count). The summed E-state index contributed by atoms with van der Waals surface area (Å²) in [6.07, 6.45) is 0. The Bertz CT molecular complexity index is 643. The Labute approximate surface area is 124 Å². The van der Waals surface area contributed by atoms with Crippen molar-refractivity contribution in [3.8, 4) is 0 Å². The highest BCUT2D eigenvalue weighted by Crippen LogP contribution is 2.31. The van der Waals surface area contributed by atoms with Gasteiger partial charge in [-0.25, -0.2) is 12.7 Å². The number of benzene rings is 1. The van der Waals surface area contributed by atoms with Crippen LogP contribution in [-0.4, -0.2) is 31.2 Å². The Morgan fingerprint density at radius 1 is 1.43 bits per heavy atom. The number of aryl methyl sites for hydroxylation is 1. The van der Waals surface area contributed by atoms with Gasteiger partial charge in [-0.15, -0.1) is 0 Å². The van der Waals surface area contributed by atoms with Crippen LogP contribution in [0.5, 0.6) is 0 Å². The first-order valence-corrected chi connectivity index (χ1v) is 7.77. The number of hydrogen-bond acceptors (Lipinski definition) is 6. The maximum atomic E-state index is 12.5. The lowest BCUT2D eigenvalue weighted by Gasteiger charge is -2.20. The van der Waals surface area contributed by atoms with Crippen molar-refractivity contribution in [3.05, 3.63) is 27.8 Å². The molecule has 0 atom stereocenters. The molecule has 118 valence electrons. The molecule has 8 nitrogen and oxygen atoms in total. The quantitative estimate of drug-likeness (QED) is 0.466. The number of sulfonamides is 1. The van der Waals surface area contributed by atoms with Crippen molar-refractivity contribution in [2.45, 2.75) is 25.7 Å². The van der Waals surface area contributed by atoms with Gasteiger partial charge in [-0.3, -0.25) is 16.0 Å². The van der Waals surface area contributed by atoms with Crippen molar-refractivity contribution >= 4 is 21.4 Å². The number of nitrogens with one attached hydrogen (secondary N) is 1. The minimum Gasteiger partial charge on any atom is -0.318 e. The van der Waals surface area contributed by atoms with Gasteiger partial charge in [-0.1, -0.05) is 13.8 Å². The fourth-order valence-electron chi connectivity index (χ4n) is 2.00. The fourth-order valence-corrected chi connectivity index (χ4v) is 3.56. The number of rotatable bonds is 6. The molecule has 0 saturated carbocycles. The van der Waals surface area contributed by atoms with E-state index in [-0.39, 0.29) is 22.2 Å². The second-order valence-electron chi connectivity index (χ2n) is 5.22. The summed E-state index contributed by atoms with van der Waals surface area (Å²) < 4.78 is 26.2. The summed E-state index contributed by atoms with van der Waals surface area (Å²) in [5.41, 5.74) is 2.30. The lowest BCUT2D eigenvalue weighted by molar-refractivity contribution is -0.384. The lowest BCUT2D eigenvalue weighted by atomic mass is 10.2. The zero-order chi connectivity index (χ0) is 16.4. The van der Waals surface area contributed by atoms with Gasteiger partial charge in [0.05, 0.1) is 9.82 Å². The van der Waals surface area contributed by atoms with Crippen molar-refractivity contribution in [2.24, 2.45) is 11.8 Å². The van der Waals surface area contributed by atoms with E-state index < -0.39 is 14.9 Å². The molecule has 1 aromatic rings. The topological polar surface area (TPSA) is 119 Å². The summed E-state index contributed by atoms with van der Waals surface area (Å²) >= 11 is 0. The molecule has 0 radical (unpaired) electrons. The van der Waals surface area contributed by atoms with E-state index in [9.17, 15) is 18.5 Å². The van der Waals surface area contributed by atoms with Gasteiger partial charge in [-0.2, -0.15) is 0 Å². The first kappa shape index (κ1) is 17.3. The van der Waals surface area contributed by atoms with Gasteiger partial charge in [0.1, 0.15) is 5.69 Å². The smallest absolute Gasteiger partial charge is 0.295 e. The summed E-state index contributed by atoms with van der Waals surface area (Å²) in [6.45, 7) is 5.68. The molecule has 9 heteroatoms. The van der Waals surface area contributed by atoms with Gasteiger partial charge in [0.25, 0.3) is 5.69 Å². The first-order valence-electron chi connectivity index (χ1n) is 6.33. The van der Waals surface area contributed by atoms with Crippen LogP contribution in [0, 0.1) is 23.0 Å². The van der Waals surface area contributed by atoms with Crippen LogP contribution < -0.4 is 11.3 Å². The highest BCUT2D eigenvalue weighted by Gasteiger charge is 2.27. The standard InChI is InChI=1S/C12H20N4O4S/c1-8(2)7-15(4)21(19,20)12-6-11(16(17)18)10(14-13)5-9(12)3/h5-6,8,14H,7,13H2,1-4H3. The molecule has 3 N–H and O–H groups in total. The first-order chi connectivity index (χ1) is 9.61. The van der Waals surface area contributed by atoms with E-state index in [0.717, 1.165) is 6.07 Å². The third kappa shape index (κ3) is 3.69. The van der Waals surface area contributed by atoms with Crippen LogP contribution in [0.4, 0.5) is 11.4 Å². The molecule has 0 aromatic heterocycles. The molecule has 1 aromatic carbocycles. The predicted molar refractivity (Wildman–Crippen MR) is 80.3 cm³/mol. The maximum absolute atomic E-state index is 12.5. The van der Waals surface area contributed by atoms with E-state index in [1.165, 1.54) is 17.4 Å². The molecule has 0 bridgehead atoms. The van der Waals surface area contributed by atoms with Crippen LogP contribution in [0.1, 0.15) is 19.4 Å². The Kier molecular flexibility index (Phi) is 5.26.